The van der Waals surface area contributed by atoms with Gasteiger partial charge >= 0.3 is 0 Å². The maximum atomic E-state index is 11.6. The first-order valence-electron chi connectivity index (χ1n) is 16.3. The summed E-state index contributed by atoms with van der Waals surface area (Å²) in [7, 11) is 0. The molecule has 4 atom stereocenters. The molecule has 7 aromatic carbocycles. The summed E-state index contributed by atoms with van der Waals surface area (Å²) < 4.78 is 6.64. The minimum atomic E-state index is -0.604. The van der Waals surface area contributed by atoms with Crippen molar-refractivity contribution in [3.05, 3.63) is 148 Å². The van der Waals surface area contributed by atoms with E-state index in [0.29, 0.717) is 38.6 Å². The lowest BCUT2D eigenvalue weighted by Gasteiger charge is -2.24. The number of fused-ring (bicyclic) bond motifs is 3. The van der Waals surface area contributed by atoms with Crippen molar-refractivity contribution >= 4 is 21.5 Å². The standard InChI is InChI=1S/C42H30O9/c43-24-5-1-19(2-6-24)38-36(22-9-26(45)15-27(46)10-22)32-14-21-13-31-35(17-30(21)39-33(49)18-34(50)41(38)40(32)39)51-42(20-3-7-25(44)8-4-20)37(31)23-11-28(47)16-29(48)12-23/h1-18,36-38,42-50H/t36-,37+,38+,42-/m0/s1. The largest absolute Gasteiger partial charge is 0.508 e. The van der Waals surface area contributed by atoms with Crippen LogP contribution in [0.5, 0.6) is 51.7 Å². The Kier molecular flexibility index (Phi) is 6.47. The Bertz CT molecular complexity index is 2520. The van der Waals surface area contributed by atoms with Gasteiger partial charge in [0, 0.05) is 46.5 Å². The maximum Gasteiger partial charge on any atom is 0.135 e. The smallest absolute Gasteiger partial charge is 0.135 e. The minimum absolute atomic E-state index is 0.0707. The highest BCUT2D eigenvalue weighted by molar-refractivity contribution is 6.16. The second-order valence-corrected chi connectivity index (χ2v) is 13.4. The second kappa shape index (κ2) is 10.9. The van der Waals surface area contributed by atoms with E-state index < -0.39 is 23.9 Å². The highest BCUT2D eigenvalue weighted by Crippen LogP contribution is 2.60. The molecule has 2 aliphatic rings. The van der Waals surface area contributed by atoms with Crippen molar-refractivity contribution in [1.82, 2.24) is 0 Å². The Labute approximate surface area is 290 Å². The van der Waals surface area contributed by atoms with Crippen LogP contribution in [-0.4, -0.2) is 40.9 Å². The van der Waals surface area contributed by atoms with E-state index in [1.807, 2.05) is 18.2 Å². The first kappa shape index (κ1) is 30.3. The van der Waals surface area contributed by atoms with Crippen LogP contribution in [0.25, 0.3) is 21.5 Å². The third kappa shape index (κ3) is 4.69. The van der Waals surface area contributed by atoms with Gasteiger partial charge < -0.3 is 45.6 Å². The van der Waals surface area contributed by atoms with Crippen LogP contribution in [-0.2, 0) is 0 Å². The molecule has 0 saturated carbocycles. The number of hydrogen-bond donors (Lipinski definition) is 8. The molecule has 0 unspecified atom stereocenters. The summed E-state index contributed by atoms with van der Waals surface area (Å²) in [6.45, 7) is 0. The number of aromatic hydroxyl groups is 8. The molecule has 1 heterocycles. The molecule has 8 N–H and O–H groups in total. The van der Waals surface area contributed by atoms with Crippen molar-refractivity contribution in [1.29, 1.82) is 0 Å². The lowest BCUT2D eigenvalue weighted by atomic mass is 9.79. The zero-order chi connectivity index (χ0) is 35.3. The monoisotopic (exact) mass is 678 g/mol. The van der Waals surface area contributed by atoms with Gasteiger partial charge in [0.1, 0.15) is 57.8 Å². The molecule has 1 aliphatic carbocycles. The summed E-state index contributed by atoms with van der Waals surface area (Å²) in [5, 5.41) is 87.9. The predicted octanol–water partition coefficient (Wildman–Crippen LogP) is 8.18. The number of phenolic OH excluding ortho intramolecular Hbond substituents is 8. The average Bonchev–Trinajstić information content (AvgIpc) is 3.61. The summed E-state index contributed by atoms with van der Waals surface area (Å²) in [4.78, 5) is 0. The summed E-state index contributed by atoms with van der Waals surface area (Å²) >= 11 is 0. The van der Waals surface area contributed by atoms with Crippen molar-refractivity contribution < 1.29 is 45.6 Å². The molecule has 1 aliphatic heterocycles. The van der Waals surface area contributed by atoms with Crippen molar-refractivity contribution in [3.63, 3.8) is 0 Å². The molecular formula is C42H30O9. The molecule has 9 heteroatoms. The van der Waals surface area contributed by atoms with Crippen molar-refractivity contribution in [2.45, 2.75) is 23.9 Å². The van der Waals surface area contributed by atoms with Gasteiger partial charge in [-0.2, -0.15) is 0 Å². The van der Waals surface area contributed by atoms with E-state index in [-0.39, 0.29) is 46.0 Å². The van der Waals surface area contributed by atoms with E-state index in [0.717, 1.165) is 27.6 Å². The highest BCUT2D eigenvalue weighted by Gasteiger charge is 2.42. The number of benzene rings is 7. The molecule has 0 spiro atoms. The summed E-state index contributed by atoms with van der Waals surface area (Å²) in [6, 6.07) is 29.2. The topological polar surface area (TPSA) is 171 Å². The Morgan fingerprint density at radius 2 is 0.922 bits per heavy atom. The van der Waals surface area contributed by atoms with Gasteiger partial charge in [0.2, 0.25) is 0 Å². The normalized spacial score (nSPS) is 19.0. The van der Waals surface area contributed by atoms with Crippen molar-refractivity contribution in [3.8, 4) is 51.7 Å². The predicted molar refractivity (Wildman–Crippen MR) is 189 cm³/mol. The fourth-order valence-corrected chi connectivity index (χ4v) is 8.34. The number of phenols is 8. The average molecular weight is 679 g/mol. The highest BCUT2D eigenvalue weighted by atomic mass is 16.5. The molecule has 7 aromatic rings. The van der Waals surface area contributed by atoms with Crippen LogP contribution in [0.3, 0.4) is 0 Å². The van der Waals surface area contributed by atoms with Gasteiger partial charge in [-0.15, -0.1) is 0 Å². The lowest BCUT2D eigenvalue weighted by molar-refractivity contribution is 0.222. The molecule has 9 nitrogen and oxygen atoms in total. The summed E-state index contributed by atoms with van der Waals surface area (Å²) in [5.74, 6) is -1.68. The molecule has 252 valence electrons. The van der Waals surface area contributed by atoms with Gasteiger partial charge in [0.25, 0.3) is 0 Å². The van der Waals surface area contributed by atoms with Gasteiger partial charge in [-0.1, -0.05) is 24.3 Å². The third-order valence-corrected chi connectivity index (χ3v) is 10.3. The van der Waals surface area contributed by atoms with Crippen LogP contribution in [0.1, 0.15) is 62.8 Å². The van der Waals surface area contributed by atoms with Gasteiger partial charge in [0.05, 0.1) is 5.92 Å². The van der Waals surface area contributed by atoms with Crippen LogP contribution in [0.4, 0.5) is 0 Å². The Balaban J connectivity index is 1.34. The minimum Gasteiger partial charge on any atom is -0.508 e. The Morgan fingerprint density at radius 1 is 0.392 bits per heavy atom. The number of hydrogen-bond acceptors (Lipinski definition) is 9. The quantitative estimate of drug-likeness (QED) is 0.0855. The molecule has 0 saturated heterocycles. The first-order chi connectivity index (χ1) is 24.5. The molecule has 0 radical (unpaired) electrons. The van der Waals surface area contributed by atoms with Crippen LogP contribution >= 0.6 is 0 Å². The van der Waals surface area contributed by atoms with Crippen LogP contribution in [0.15, 0.2) is 109 Å². The Morgan fingerprint density at radius 3 is 1.51 bits per heavy atom. The Hall–Kier alpha value is -6.74. The molecule has 0 aromatic heterocycles. The van der Waals surface area contributed by atoms with E-state index >= 15 is 0 Å². The van der Waals surface area contributed by atoms with Gasteiger partial charge in [-0.25, -0.2) is 0 Å². The van der Waals surface area contributed by atoms with Gasteiger partial charge in [-0.05, 0) is 111 Å². The SMILES string of the molecule is Oc1ccc([C@H]2c3c(O)cc(O)c4c3c(cc3cc5c(cc34)O[C@@H](c3ccc(O)cc3)[C@@H]5c3cc(O)cc(O)c3)[C@@H]2c2cc(O)cc(O)c2)cc1. The van der Waals surface area contributed by atoms with Crippen molar-refractivity contribution in [2.75, 3.05) is 0 Å². The molecule has 0 amide bonds. The van der Waals surface area contributed by atoms with E-state index in [4.69, 9.17) is 4.74 Å². The fourth-order valence-electron chi connectivity index (χ4n) is 8.34. The second-order valence-electron chi connectivity index (χ2n) is 13.4. The zero-order valence-electron chi connectivity index (χ0n) is 26.7. The van der Waals surface area contributed by atoms with E-state index in [1.54, 1.807) is 72.8 Å². The van der Waals surface area contributed by atoms with Crippen LogP contribution in [0, 0.1) is 0 Å². The maximum absolute atomic E-state index is 11.6. The zero-order valence-corrected chi connectivity index (χ0v) is 26.7. The van der Waals surface area contributed by atoms with E-state index in [1.165, 1.54) is 18.2 Å². The van der Waals surface area contributed by atoms with Crippen LogP contribution < -0.4 is 4.74 Å². The molecular weight excluding hydrogens is 648 g/mol. The lowest BCUT2D eigenvalue weighted by Crippen LogP contribution is -2.11. The number of ether oxygens (including phenoxy) is 1. The molecule has 0 fully saturated rings. The first-order valence-corrected chi connectivity index (χ1v) is 16.3. The summed E-state index contributed by atoms with van der Waals surface area (Å²) in [5.41, 5.74) is 4.74. The number of rotatable bonds is 4. The van der Waals surface area contributed by atoms with Gasteiger partial charge in [-0.3, -0.25) is 0 Å². The van der Waals surface area contributed by atoms with Gasteiger partial charge in [0.15, 0.2) is 0 Å². The van der Waals surface area contributed by atoms with Crippen molar-refractivity contribution in [2.24, 2.45) is 0 Å². The summed E-state index contributed by atoms with van der Waals surface area (Å²) in [6.07, 6.45) is -0.604. The third-order valence-electron chi connectivity index (χ3n) is 10.3. The van der Waals surface area contributed by atoms with Crippen LogP contribution in [0.2, 0.25) is 0 Å². The van der Waals surface area contributed by atoms with E-state index in [2.05, 4.69) is 0 Å². The molecule has 9 rings (SSSR count). The molecule has 0 bridgehead atoms. The fraction of sp³-hybridized carbons (Fsp3) is 0.0952. The van der Waals surface area contributed by atoms with E-state index in [9.17, 15) is 40.9 Å². The molecule has 51 heavy (non-hydrogen) atoms.